The van der Waals surface area contributed by atoms with E-state index in [-0.39, 0.29) is 6.04 Å². The van der Waals surface area contributed by atoms with E-state index in [0.29, 0.717) is 6.42 Å². The van der Waals surface area contributed by atoms with Crippen LogP contribution in [0.4, 0.5) is 0 Å². The lowest BCUT2D eigenvalue weighted by molar-refractivity contribution is 0.406. The van der Waals surface area contributed by atoms with E-state index in [9.17, 15) is 0 Å². The molecule has 1 atom stereocenters. The molecule has 0 spiro atoms. The van der Waals surface area contributed by atoms with Crippen molar-refractivity contribution in [2.24, 2.45) is 5.73 Å². The zero-order chi connectivity index (χ0) is 14.7. The number of nitrogens with zero attached hydrogens (tertiary/aromatic N) is 1. The average Bonchev–Trinajstić information content (AvgIpc) is 2.91. The van der Waals surface area contributed by atoms with Gasteiger partial charge >= 0.3 is 0 Å². The number of ether oxygens (including phenoxy) is 2. The fourth-order valence-electron chi connectivity index (χ4n) is 2.22. The van der Waals surface area contributed by atoms with Crippen LogP contribution >= 0.6 is 11.3 Å². The Kier molecular flexibility index (Phi) is 4.62. The number of thiophene rings is 1. The molecule has 20 heavy (non-hydrogen) atoms. The van der Waals surface area contributed by atoms with Crippen LogP contribution in [0.5, 0.6) is 11.5 Å². The van der Waals surface area contributed by atoms with E-state index in [2.05, 4.69) is 4.98 Å². The summed E-state index contributed by atoms with van der Waals surface area (Å²) in [6.07, 6.45) is 2.52. The molecule has 2 aromatic heterocycles. The van der Waals surface area contributed by atoms with Gasteiger partial charge in [-0.2, -0.15) is 0 Å². The normalized spacial score (nSPS) is 12.2. The summed E-state index contributed by atoms with van der Waals surface area (Å²) in [6, 6.07) is 1.90. The van der Waals surface area contributed by atoms with Crippen molar-refractivity contribution >= 4 is 11.3 Å². The first-order valence-corrected chi connectivity index (χ1v) is 7.31. The monoisotopic (exact) mass is 292 g/mol. The van der Waals surface area contributed by atoms with Crippen molar-refractivity contribution in [3.8, 4) is 11.5 Å². The third-order valence-electron chi connectivity index (χ3n) is 3.36. The summed E-state index contributed by atoms with van der Waals surface area (Å²) in [5.74, 6) is 1.75. The molecule has 5 heteroatoms. The van der Waals surface area contributed by atoms with E-state index in [1.165, 1.54) is 0 Å². The second-order valence-corrected chi connectivity index (χ2v) is 5.69. The zero-order valence-electron chi connectivity index (χ0n) is 12.3. The van der Waals surface area contributed by atoms with Crippen molar-refractivity contribution in [3.63, 3.8) is 0 Å². The minimum Gasteiger partial charge on any atom is -0.496 e. The maximum Gasteiger partial charge on any atom is 0.129 e. The maximum atomic E-state index is 6.27. The van der Waals surface area contributed by atoms with Gasteiger partial charge in [0.15, 0.2) is 0 Å². The van der Waals surface area contributed by atoms with Crippen LogP contribution in [0.1, 0.15) is 27.7 Å². The molecule has 0 saturated carbocycles. The SMILES string of the molecule is COc1csc(C(N)Cc2ncc(C)c(OC)c2C)c1. The average molecular weight is 292 g/mol. The first kappa shape index (κ1) is 14.8. The topological polar surface area (TPSA) is 57.4 Å². The number of aromatic nitrogens is 1. The van der Waals surface area contributed by atoms with Crippen molar-refractivity contribution < 1.29 is 9.47 Å². The number of pyridine rings is 1. The molecule has 0 saturated heterocycles. The number of nitrogens with two attached hydrogens (primary N) is 1. The minimum absolute atomic E-state index is 0.0810. The Morgan fingerprint density at radius 1 is 1.30 bits per heavy atom. The third-order valence-corrected chi connectivity index (χ3v) is 4.40. The molecule has 2 rings (SSSR count). The van der Waals surface area contributed by atoms with Gasteiger partial charge in [-0.1, -0.05) is 0 Å². The first-order valence-electron chi connectivity index (χ1n) is 6.43. The lowest BCUT2D eigenvalue weighted by Crippen LogP contribution is -2.14. The second kappa shape index (κ2) is 6.24. The fourth-order valence-corrected chi connectivity index (χ4v) is 3.08. The van der Waals surface area contributed by atoms with Crippen LogP contribution in [0.15, 0.2) is 17.6 Å². The first-order chi connectivity index (χ1) is 9.56. The van der Waals surface area contributed by atoms with Crippen LogP contribution in [0.2, 0.25) is 0 Å². The van der Waals surface area contributed by atoms with E-state index < -0.39 is 0 Å². The molecule has 0 fully saturated rings. The summed E-state index contributed by atoms with van der Waals surface area (Å²) in [6.45, 7) is 4.02. The van der Waals surface area contributed by atoms with Crippen molar-refractivity contribution in [2.75, 3.05) is 14.2 Å². The molecule has 1 unspecified atom stereocenters. The Labute approximate surface area is 123 Å². The summed E-state index contributed by atoms with van der Waals surface area (Å²) >= 11 is 1.61. The minimum atomic E-state index is -0.0810. The molecule has 108 valence electrons. The van der Waals surface area contributed by atoms with Crippen LogP contribution < -0.4 is 15.2 Å². The highest BCUT2D eigenvalue weighted by molar-refractivity contribution is 7.10. The highest BCUT2D eigenvalue weighted by atomic mass is 32.1. The van der Waals surface area contributed by atoms with Gasteiger partial charge < -0.3 is 15.2 Å². The molecule has 0 bridgehead atoms. The zero-order valence-corrected chi connectivity index (χ0v) is 13.1. The van der Waals surface area contributed by atoms with Crippen LogP contribution in [0, 0.1) is 13.8 Å². The van der Waals surface area contributed by atoms with Gasteiger partial charge in [-0.05, 0) is 19.9 Å². The quantitative estimate of drug-likeness (QED) is 0.920. The van der Waals surface area contributed by atoms with E-state index in [0.717, 1.165) is 33.2 Å². The van der Waals surface area contributed by atoms with Crippen LogP contribution in [-0.2, 0) is 6.42 Å². The van der Waals surface area contributed by atoms with Crippen molar-refractivity contribution in [1.29, 1.82) is 0 Å². The number of aryl methyl sites for hydroxylation is 1. The maximum absolute atomic E-state index is 6.27. The molecule has 0 aliphatic rings. The number of rotatable bonds is 5. The van der Waals surface area contributed by atoms with Crippen molar-refractivity contribution in [3.05, 3.63) is 39.3 Å². The number of hydrogen-bond donors (Lipinski definition) is 1. The van der Waals surface area contributed by atoms with E-state index in [1.807, 2.05) is 31.5 Å². The Morgan fingerprint density at radius 3 is 2.65 bits per heavy atom. The molecule has 0 aliphatic carbocycles. The molecular weight excluding hydrogens is 272 g/mol. The largest absolute Gasteiger partial charge is 0.496 e. The Hall–Kier alpha value is -1.59. The van der Waals surface area contributed by atoms with Gasteiger partial charge in [0.05, 0.1) is 14.2 Å². The van der Waals surface area contributed by atoms with Crippen molar-refractivity contribution in [2.45, 2.75) is 26.3 Å². The van der Waals surface area contributed by atoms with Gasteiger partial charge in [0.1, 0.15) is 11.5 Å². The van der Waals surface area contributed by atoms with Gasteiger partial charge in [0.25, 0.3) is 0 Å². The second-order valence-electron chi connectivity index (χ2n) is 4.75. The highest BCUT2D eigenvalue weighted by Crippen LogP contribution is 2.30. The predicted octanol–water partition coefficient (Wildman–Crippen LogP) is 3.02. The van der Waals surface area contributed by atoms with E-state index in [1.54, 1.807) is 25.6 Å². The van der Waals surface area contributed by atoms with Gasteiger partial charge in [-0.15, -0.1) is 11.3 Å². The molecule has 2 aromatic rings. The summed E-state index contributed by atoms with van der Waals surface area (Å²) in [4.78, 5) is 5.59. The molecule has 2 N–H and O–H groups in total. The molecular formula is C15H20N2O2S. The standard InChI is InChI=1S/C15H20N2O2S/c1-9-7-17-13(10(2)15(9)19-4)6-12(16)14-5-11(18-3)8-20-14/h5,7-8,12H,6,16H2,1-4H3. The summed E-state index contributed by atoms with van der Waals surface area (Å²) in [7, 11) is 3.34. The van der Waals surface area contributed by atoms with Crippen LogP contribution in [-0.4, -0.2) is 19.2 Å². The molecule has 0 aliphatic heterocycles. The van der Waals surface area contributed by atoms with Gasteiger partial charge in [0.2, 0.25) is 0 Å². The van der Waals surface area contributed by atoms with E-state index >= 15 is 0 Å². The predicted molar refractivity (Wildman–Crippen MR) is 81.8 cm³/mol. The number of methoxy groups -OCH3 is 2. The Balaban J connectivity index is 2.21. The van der Waals surface area contributed by atoms with Gasteiger partial charge in [0, 0.05) is 45.7 Å². The molecule has 0 radical (unpaired) electrons. The molecule has 2 heterocycles. The van der Waals surface area contributed by atoms with Gasteiger partial charge in [-0.3, -0.25) is 4.98 Å². The van der Waals surface area contributed by atoms with Crippen LogP contribution in [0.3, 0.4) is 0 Å². The molecule has 0 amide bonds. The van der Waals surface area contributed by atoms with Crippen molar-refractivity contribution in [1.82, 2.24) is 4.98 Å². The Bertz CT molecular complexity index is 596. The summed E-state index contributed by atoms with van der Waals surface area (Å²) in [5.41, 5.74) is 9.35. The summed E-state index contributed by atoms with van der Waals surface area (Å²) in [5, 5.41) is 1.96. The molecule has 4 nitrogen and oxygen atoms in total. The lowest BCUT2D eigenvalue weighted by Gasteiger charge is -2.15. The fraction of sp³-hybridized carbons (Fsp3) is 0.400. The summed E-state index contributed by atoms with van der Waals surface area (Å²) < 4.78 is 10.6. The lowest BCUT2D eigenvalue weighted by atomic mass is 10.0. The van der Waals surface area contributed by atoms with E-state index in [4.69, 9.17) is 15.2 Å². The third kappa shape index (κ3) is 2.94. The highest BCUT2D eigenvalue weighted by Gasteiger charge is 2.15. The Morgan fingerprint density at radius 2 is 2.05 bits per heavy atom. The van der Waals surface area contributed by atoms with Gasteiger partial charge in [-0.25, -0.2) is 0 Å². The molecule has 0 aromatic carbocycles. The van der Waals surface area contributed by atoms with Crippen LogP contribution in [0.25, 0.3) is 0 Å². The number of hydrogen-bond acceptors (Lipinski definition) is 5. The smallest absolute Gasteiger partial charge is 0.129 e.